The van der Waals surface area contributed by atoms with Gasteiger partial charge in [0.15, 0.2) is 0 Å². The average Bonchev–Trinajstić information content (AvgIpc) is 2.80. The summed E-state index contributed by atoms with van der Waals surface area (Å²) in [5, 5.41) is 13.1. The fraction of sp³-hybridized carbons (Fsp3) is 0.571. The van der Waals surface area contributed by atoms with Crippen LogP contribution in [0.3, 0.4) is 0 Å². The molecule has 1 aliphatic heterocycles. The van der Waals surface area contributed by atoms with Crippen LogP contribution >= 0.6 is 0 Å². The van der Waals surface area contributed by atoms with E-state index in [9.17, 15) is 5.11 Å². The molecule has 0 amide bonds. The van der Waals surface area contributed by atoms with E-state index in [2.05, 4.69) is 17.1 Å². The van der Waals surface area contributed by atoms with Crippen molar-refractivity contribution in [2.24, 2.45) is 5.92 Å². The molecular formula is C14H22N2O. The summed E-state index contributed by atoms with van der Waals surface area (Å²) in [6, 6.07) is 7.53. The normalized spacial score (nSPS) is 20.9. The van der Waals surface area contributed by atoms with Crippen LogP contribution in [0.1, 0.15) is 18.9 Å². The number of nitrogens with zero attached hydrogens (tertiary/aromatic N) is 1. The first-order valence-electron chi connectivity index (χ1n) is 6.49. The summed E-state index contributed by atoms with van der Waals surface area (Å²) in [6.45, 7) is 7.64. The Morgan fingerprint density at radius 1 is 1.41 bits per heavy atom. The molecule has 0 radical (unpaired) electrons. The van der Waals surface area contributed by atoms with Crippen LogP contribution in [-0.2, 0) is 6.54 Å². The minimum Gasteiger partial charge on any atom is -0.508 e. The number of likely N-dealkylation sites (tertiary alicyclic amines) is 1. The predicted molar refractivity (Wildman–Crippen MR) is 70.0 cm³/mol. The van der Waals surface area contributed by atoms with Crippen molar-refractivity contribution < 1.29 is 5.11 Å². The lowest BCUT2D eigenvalue weighted by atomic mass is 10.1. The average molecular weight is 234 g/mol. The van der Waals surface area contributed by atoms with E-state index >= 15 is 0 Å². The van der Waals surface area contributed by atoms with Crippen LogP contribution in [0.25, 0.3) is 0 Å². The zero-order valence-electron chi connectivity index (χ0n) is 10.5. The number of aromatic hydroxyl groups is 1. The Bertz CT molecular complexity index is 354. The van der Waals surface area contributed by atoms with Gasteiger partial charge >= 0.3 is 0 Å². The quantitative estimate of drug-likeness (QED) is 0.816. The molecule has 1 saturated heterocycles. The zero-order valence-corrected chi connectivity index (χ0v) is 10.5. The molecule has 0 saturated carbocycles. The second-order valence-corrected chi connectivity index (χ2v) is 4.81. The first-order chi connectivity index (χ1) is 8.29. The van der Waals surface area contributed by atoms with Crippen LogP contribution in [0.15, 0.2) is 24.3 Å². The van der Waals surface area contributed by atoms with Gasteiger partial charge < -0.3 is 15.3 Å². The van der Waals surface area contributed by atoms with Crippen molar-refractivity contribution in [1.82, 2.24) is 10.2 Å². The van der Waals surface area contributed by atoms with Crippen LogP contribution in [0, 0.1) is 5.92 Å². The fourth-order valence-corrected chi connectivity index (χ4v) is 2.44. The standard InChI is InChI=1S/C14H22N2O/c1-2-16-8-7-12(11-16)9-15-10-13-5-3-4-6-14(13)17/h3-6,12,15,17H,2,7-11H2,1H3. The lowest BCUT2D eigenvalue weighted by Crippen LogP contribution is -2.26. The van der Waals surface area contributed by atoms with E-state index in [1.807, 2.05) is 18.2 Å². The Balaban J connectivity index is 1.72. The molecular weight excluding hydrogens is 212 g/mol. The molecule has 1 aromatic rings. The predicted octanol–water partition coefficient (Wildman–Crippen LogP) is 1.82. The van der Waals surface area contributed by atoms with E-state index in [0.717, 1.165) is 31.1 Å². The number of hydrogen-bond acceptors (Lipinski definition) is 3. The zero-order chi connectivity index (χ0) is 12.1. The Hall–Kier alpha value is -1.06. The smallest absolute Gasteiger partial charge is 0.120 e. The Morgan fingerprint density at radius 3 is 2.94 bits per heavy atom. The van der Waals surface area contributed by atoms with Gasteiger partial charge in [0.05, 0.1) is 0 Å². The molecule has 17 heavy (non-hydrogen) atoms. The molecule has 3 nitrogen and oxygen atoms in total. The SMILES string of the molecule is CCN1CCC(CNCc2ccccc2O)C1. The van der Waals surface area contributed by atoms with Crippen molar-refractivity contribution >= 4 is 0 Å². The summed E-state index contributed by atoms with van der Waals surface area (Å²) in [7, 11) is 0. The lowest BCUT2D eigenvalue weighted by molar-refractivity contribution is 0.338. The maximum Gasteiger partial charge on any atom is 0.120 e. The summed E-state index contributed by atoms with van der Waals surface area (Å²) in [4.78, 5) is 2.49. The molecule has 2 N–H and O–H groups in total. The number of rotatable bonds is 5. The second-order valence-electron chi connectivity index (χ2n) is 4.81. The van der Waals surface area contributed by atoms with Gasteiger partial charge in [-0.05, 0) is 38.0 Å². The molecule has 0 aliphatic carbocycles. The van der Waals surface area contributed by atoms with Gasteiger partial charge in [-0.15, -0.1) is 0 Å². The fourth-order valence-electron chi connectivity index (χ4n) is 2.44. The highest BCUT2D eigenvalue weighted by Crippen LogP contribution is 2.17. The third-order valence-electron chi connectivity index (χ3n) is 3.56. The summed E-state index contributed by atoms with van der Waals surface area (Å²) >= 11 is 0. The van der Waals surface area contributed by atoms with E-state index in [1.165, 1.54) is 19.5 Å². The summed E-state index contributed by atoms with van der Waals surface area (Å²) in [5.74, 6) is 1.16. The molecule has 0 bridgehead atoms. The van der Waals surface area contributed by atoms with Crippen molar-refractivity contribution in [2.75, 3.05) is 26.2 Å². The van der Waals surface area contributed by atoms with Crippen molar-refractivity contribution in [3.8, 4) is 5.75 Å². The first kappa shape index (κ1) is 12.4. The van der Waals surface area contributed by atoms with Gasteiger partial charge in [0.1, 0.15) is 5.75 Å². The highest BCUT2D eigenvalue weighted by Gasteiger charge is 2.20. The van der Waals surface area contributed by atoms with E-state index in [4.69, 9.17) is 0 Å². The first-order valence-corrected chi connectivity index (χ1v) is 6.49. The van der Waals surface area contributed by atoms with Crippen molar-refractivity contribution in [3.63, 3.8) is 0 Å². The van der Waals surface area contributed by atoms with Crippen LogP contribution in [0.5, 0.6) is 5.75 Å². The van der Waals surface area contributed by atoms with Gasteiger partial charge in [0, 0.05) is 18.7 Å². The Morgan fingerprint density at radius 2 is 2.24 bits per heavy atom. The van der Waals surface area contributed by atoms with Crippen LogP contribution < -0.4 is 5.32 Å². The minimum atomic E-state index is 0.390. The molecule has 1 atom stereocenters. The molecule has 2 rings (SSSR count). The van der Waals surface area contributed by atoms with Crippen LogP contribution in [-0.4, -0.2) is 36.2 Å². The van der Waals surface area contributed by atoms with Gasteiger partial charge in [-0.1, -0.05) is 25.1 Å². The van der Waals surface area contributed by atoms with Crippen molar-refractivity contribution in [3.05, 3.63) is 29.8 Å². The van der Waals surface area contributed by atoms with E-state index in [1.54, 1.807) is 6.07 Å². The van der Waals surface area contributed by atoms with Gasteiger partial charge in [-0.3, -0.25) is 0 Å². The third-order valence-corrected chi connectivity index (χ3v) is 3.56. The largest absolute Gasteiger partial charge is 0.508 e. The van der Waals surface area contributed by atoms with Crippen molar-refractivity contribution in [1.29, 1.82) is 0 Å². The molecule has 1 unspecified atom stereocenters. The van der Waals surface area contributed by atoms with Crippen molar-refractivity contribution in [2.45, 2.75) is 19.9 Å². The highest BCUT2D eigenvalue weighted by atomic mass is 16.3. The summed E-state index contributed by atoms with van der Waals surface area (Å²) in [5.41, 5.74) is 0.984. The molecule has 0 spiro atoms. The maximum absolute atomic E-state index is 9.63. The minimum absolute atomic E-state index is 0.390. The van der Waals surface area contributed by atoms with E-state index in [-0.39, 0.29) is 0 Å². The number of para-hydroxylation sites is 1. The van der Waals surface area contributed by atoms with Gasteiger partial charge in [0.2, 0.25) is 0 Å². The third kappa shape index (κ3) is 3.45. The number of hydrogen-bond donors (Lipinski definition) is 2. The van der Waals surface area contributed by atoms with Crippen LogP contribution in [0.4, 0.5) is 0 Å². The molecule has 1 fully saturated rings. The van der Waals surface area contributed by atoms with E-state index < -0.39 is 0 Å². The lowest BCUT2D eigenvalue weighted by Gasteiger charge is -2.14. The highest BCUT2D eigenvalue weighted by molar-refractivity contribution is 5.31. The summed E-state index contributed by atoms with van der Waals surface area (Å²) < 4.78 is 0. The molecule has 94 valence electrons. The Kier molecular flexibility index (Phi) is 4.40. The number of phenols is 1. The van der Waals surface area contributed by atoms with Gasteiger partial charge in [-0.2, -0.15) is 0 Å². The van der Waals surface area contributed by atoms with Gasteiger partial charge in [-0.25, -0.2) is 0 Å². The van der Waals surface area contributed by atoms with E-state index in [0.29, 0.717) is 5.75 Å². The van der Waals surface area contributed by atoms with Gasteiger partial charge in [0.25, 0.3) is 0 Å². The molecule has 3 heteroatoms. The molecule has 1 aromatic carbocycles. The number of nitrogens with one attached hydrogen (secondary N) is 1. The Labute approximate surface area is 103 Å². The molecule has 1 aliphatic rings. The molecule has 1 heterocycles. The topological polar surface area (TPSA) is 35.5 Å². The molecule has 0 aromatic heterocycles. The summed E-state index contributed by atoms with van der Waals surface area (Å²) in [6.07, 6.45) is 1.29. The maximum atomic E-state index is 9.63. The van der Waals surface area contributed by atoms with Crippen LogP contribution in [0.2, 0.25) is 0 Å². The monoisotopic (exact) mass is 234 g/mol. The second kappa shape index (κ2) is 6.03. The number of phenolic OH excluding ortho intramolecular Hbond substituents is 1. The number of benzene rings is 1.